The summed E-state index contributed by atoms with van der Waals surface area (Å²) in [4.78, 5) is 30.4. The van der Waals surface area contributed by atoms with Crippen molar-refractivity contribution in [3.8, 4) is 0 Å². The number of piperidine rings is 1. The molecule has 1 amide bonds. The number of carbonyl (C=O) groups is 2. The third kappa shape index (κ3) is 7.61. The van der Waals surface area contributed by atoms with Gasteiger partial charge in [-0.1, -0.05) is 0 Å². The molecule has 1 aliphatic heterocycles. The van der Waals surface area contributed by atoms with Gasteiger partial charge < -0.3 is 20.3 Å². The predicted octanol–water partition coefficient (Wildman–Crippen LogP) is 2.62. The third-order valence-corrected chi connectivity index (χ3v) is 4.25. The smallest absolute Gasteiger partial charge is 0.309 e. The van der Waals surface area contributed by atoms with Crippen molar-refractivity contribution < 1.29 is 18.7 Å². The second-order valence-corrected chi connectivity index (χ2v) is 6.24. The summed E-state index contributed by atoms with van der Waals surface area (Å²) < 4.78 is 18.0. The van der Waals surface area contributed by atoms with E-state index in [1.165, 1.54) is 24.3 Å². The molecule has 0 unspecified atom stereocenters. The van der Waals surface area contributed by atoms with Crippen LogP contribution in [0.5, 0.6) is 0 Å². The molecule has 1 aliphatic rings. The molecule has 0 aromatic heterocycles. The van der Waals surface area contributed by atoms with E-state index in [1.807, 2.05) is 11.8 Å². The number of likely N-dealkylation sites (tertiary alicyclic amines) is 1. The SMILES string of the molecule is CCNC(=NCC(=O)Nc1ccc(F)cc1)N1CCC(C(=O)OCC)CC1.I. The molecule has 28 heavy (non-hydrogen) atoms. The van der Waals surface area contributed by atoms with Crippen molar-refractivity contribution in [3.05, 3.63) is 30.1 Å². The Morgan fingerprint density at radius 2 is 1.86 bits per heavy atom. The first-order valence-corrected chi connectivity index (χ1v) is 9.28. The highest BCUT2D eigenvalue weighted by Gasteiger charge is 2.27. The van der Waals surface area contributed by atoms with Crippen LogP contribution in [0.15, 0.2) is 29.3 Å². The summed E-state index contributed by atoms with van der Waals surface area (Å²) in [5, 5.41) is 5.86. The maximum atomic E-state index is 12.9. The van der Waals surface area contributed by atoms with Gasteiger partial charge in [-0.2, -0.15) is 0 Å². The minimum absolute atomic E-state index is 0. The normalized spacial score (nSPS) is 14.8. The van der Waals surface area contributed by atoms with Crippen LogP contribution < -0.4 is 10.6 Å². The van der Waals surface area contributed by atoms with E-state index in [0.717, 1.165) is 0 Å². The Bertz CT molecular complexity index is 662. The summed E-state index contributed by atoms with van der Waals surface area (Å²) in [7, 11) is 0. The number of hydrogen-bond donors (Lipinski definition) is 2. The van der Waals surface area contributed by atoms with E-state index in [4.69, 9.17) is 4.74 Å². The van der Waals surface area contributed by atoms with Gasteiger partial charge in [-0.15, -0.1) is 24.0 Å². The molecule has 0 radical (unpaired) electrons. The van der Waals surface area contributed by atoms with Crippen molar-refractivity contribution >= 4 is 47.5 Å². The number of guanidine groups is 1. The third-order valence-electron chi connectivity index (χ3n) is 4.25. The molecule has 0 bridgehead atoms. The fourth-order valence-corrected chi connectivity index (χ4v) is 2.89. The molecular formula is C19H28FIN4O3. The molecule has 2 N–H and O–H groups in total. The fraction of sp³-hybridized carbons (Fsp3) is 0.526. The van der Waals surface area contributed by atoms with Crippen molar-refractivity contribution in [2.24, 2.45) is 10.9 Å². The van der Waals surface area contributed by atoms with Crippen molar-refractivity contribution in [2.75, 3.05) is 38.1 Å². The van der Waals surface area contributed by atoms with Crippen LogP contribution in [0.2, 0.25) is 0 Å². The van der Waals surface area contributed by atoms with Gasteiger partial charge in [0, 0.05) is 25.3 Å². The zero-order chi connectivity index (χ0) is 19.6. The van der Waals surface area contributed by atoms with Crippen molar-refractivity contribution in [3.63, 3.8) is 0 Å². The lowest BCUT2D eigenvalue weighted by molar-refractivity contribution is -0.149. The number of halogens is 2. The standard InChI is InChI=1S/C19H27FN4O3.HI/c1-3-21-19(24-11-9-14(10-12-24)18(26)27-4-2)22-13-17(25)23-16-7-5-15(20)6-8-16;/h5-8,14H,3-4,9-13H2,1-2H3,(H,21,22)(H,23,25);1H. The Morgan fingerprint density at radius 1 is 1.21 bits per heavy atom. The highest BCUT2D eigenvalue weighted by molar-refractivity contribution is 14.0. The highest BCUT2D eigenvalue weighted by atomic mass is 127. The maximum Gasteiger partial charge on any atom is 0.309 e. The van der Waals surface area contributed by atoms with Crippen LogP contribution in [0.25, 0.3) is 0 Å². The van der Waals surface area contributed by atoms with Crippen LogP contribution in [0.3, 0.4) is 0 Å². The largest absolute Gasteiger partial charge is 0.466 e. The van der Waals surface area contributed by atoms with Gasteiger partial charge in [-0.3, -0.25) is 9.59 Å². The van der Waals surface area contributed by atoms with Gasteiger partial charge in [0.1, 0.15) is 12.4 Å². The van der Waals surface area contributed by atoms with Gasteiger partial charge in [-0.25, -0.2) is 9.38 Å². The van der Waals surface area contributed by atoms with Crippen LogP contribution in [0.1, 0.15) is 26.7 Å². The van der Waals surface area contributed by atoms with Crippen LogP contribution in [0, 0.1) is 11.7 Å². The van der Waals surface area contributed by atoms with E-state index < -0.39 is 0 Å². The molecule has 7 nitrogen and oxygen atoms in total. The van der Waals surface area contributed by atoms with Gasteiger partial charge in [0.2, 0.25) is 5.91 Å². The number of ether oxygens (including phenoxy) is 1. The van der Waals surface area contributed by atoms with Crippen LogP contribution >= 0.6 is 24.0 Å². The van der Waals surface area contributed by atoms with E-state index in [-0.39, 0.29) is 54.1 Å². The molecule has 0 atom stereocenters. The Morgan fingerprint density at radius 3 is 2.43 bits per heavy atom. The molecule has 0 spiro atoms. The summed E-state index contributed by atoms with van der Waals surface area (Å²) in [5.41, 5.74) is 0.525. The Balaban J connectivity index is 0.00000392. The quantitative estimate of drug-likeness (QED) is 0.268. The molecule has 1 saturated heterocycles. The second kappa shape index (κ2) is 12.5. The van der Waals surface area contributed by atoms with Crippen molar-refractivity contribution in [1.82, 2.24) is 10.2 Å². The Hall–Kier alpha value is -1.91. The first-order chi connectivity index (χ1) is 13.0. The van der Waals surface area contributed by atoms with Crippen molar-refractivity contribution in [1.29, 1.82) is 0 Å². The minimum Gasteiger partial charge on any atom is -0.466 e. The first-order valence-electron chi connectivity index (χ1n) is 9.28. The molecule has 1 fully saturated rings. The van der Waals surface area contributed by atoms with Crippen LogP contribution in [0.4, 0.5) is 10.1 Å². The zero-order valence-corrected chi connectivity index (χ0v) is 18.6. The predicted molar refractivity (Wildman–Crippen MR) is 117 cm³/mol. The summed E-state index contributed by atoms with van der Waals surface area (Å²) >= 11 is 0. The zero-order valence-electron chi connectivity index (χ0n) is 16.2. The molecule has 0 aliphatic carbocycles. The number of carbonyl (C=O) groups excluding carboxylic acids is 2. The summed E-state index contributed by atoms with van der Waals surface area (Å²) in [5.74, 6) is -0.206. The number of anilines is 1. The molecule has 2 rings (SSSR count). The lowest BCUT2D eigenvalue weighted by Gasteiger charge is -2.33. The number of nitrogens with one attached hydrogen (secondary N) is 2. The van der Waals surface area contributed by atoms with E-state index in [0.29, 0.717) is 50.7 Å². The Kier molecular flexibility index (Phi) is 10.8. The molecule has 1 heterocycles. The molecule has 9 heteroatoms. The molecule has 156 valence electrons. The lowest BCUT2D eigenvalue weighted by Crippen LogP contribution is -2.47. The van der Waals surface area contributed by atoms with Gasteiger partial charge in [0.05, 0.1) is 12.5 Å². The number of benzene rings is 1. The fourth-order valence-electron chi connectivity index (χ4n) is 2.89. The molecule has 1 aromatic rings. The highest BCUT2D eigenvalue weighted by Crippen LogP contribution is 2.18. The van der Waals surface area contributed by atoms with E-state index in [1.54, 1.807) is 6.92 Å². The average Bonchev–Trinajstić information content (AvgIpc) is 2.67. The van der Waals surface area contributed by atoms with Gasteiger partial charge in [-0.05, 0) is 51.0 Å². The molecule has 0 saturated carbocycles. The van der Waals surface area contributed by atoms with Gasteiger partial charge in [0.25, 0.3) is 0 Å². The Labute approximate surface area is 182 Å². The van der Waals surface area contributed by atoms with Crippen LogP contribution in [-0.4, -0.2) is 55.5 Å². The van der Waals surface area contributed by atoms with Crippen LogP contribution in [-0.2, 0) is 14.3 Å². The molecular weight excluding hydrogens is 478 g/mol. The maximum absolute atomic E-state index is 12.9. The summed E-state index contributed by atoms with van der Waals surface area (Å²) in [6, 6.07) is 5.58. The number of aliphatic imine (C=N–C) groups is 1. The second-order valence-electron chi connectivity index (χ2n) is 6.24. The first kappa shape index (κ1) is 24.1. The monoisotopic (exact) mass is 506 g/mol. The van der Waals surface area contributed by atoms with Gasteiger partial charge >= 0.3 is 5.97 Å². The minimum atomic E-state index is -0.355. The molecule has 1 aromatic carbocycles. The average molecular weight is 506 g/mol. The van der Waals surface area contributed by atoms with Gasteiger partial charge in [0.15, 0.2) is 5.96 Å². The number of amides is 1. The number of nitrogens with zero attached hydrogens (tertiary/aromatic N) is 2. The number of hydrogen-bond acceptors (Lipinski definition) is 4. The number of esters is 1. The number of rotatable bonds is 6. The summed E-state index contributed by atoms with van der Waals surface area (Å²) in [6.45, 7) is 6.14. The van der Waals surface area contributed by atoms with E-state index in [9.17, 15) is 14.0 Å². The van der Waals surface area contributed by atoms with E-state index >= 15 is 0 Å². The topological polar surface area (TPSA) is 83.0 Å². The van der Waals surface area contributed by atoms with E-state index in [2.05, 4.69) is 15.6 Å². The summed E-state index contributed by atoms with van der Waals surface area (Å²) in [6.07, 6.45) is 1.40. The lowest BCUT2D eigenvalue weighted by atomic mass is 9.97. The van der Waals surface area contributed by atoms with Crippen molar-refractivity contribution in [2.45, 2.75) is 26.7 Å².